The van der Waals surface area contributed by atoms with Crippen molar-refractivity contribution in [2.75, 3.05) is 31.8 Å². The van der Waals surface area contributed by atoms with Crippen LogP contribution in [-0.4, -0.2) is 36.7 Å². The maximum atomic E-state index is 11.8. The largest absolute Gasteiger partial charge is 0.464 e. The van der Waals surface area contributed by atoms with Gasteiger partial charge in [-0.05, 0) is 12.1 Å². The molecule has 1 heterocycles. The number of rotatable bonds is 4. The van der Waals surface area contributed by atoms with E-state index in [1.807, 2.05) is 54.8 Å². The number of aromatic nitrogens is 2. The van der Waals surface area contributed by atoms with Crippen LogP contribution < -0.4 is 10.6 Å². The van der Waals surface area contributed by atoms with Crippen molar-refractivity contribution in [3.05, 3.63) is 35.8 Å². The van der Waals surface area contributed by atoms with Crippen molar-refractivity contribution >= 4 is 17.5 Å². The van der Waals surface area contributed by atoms with Gasteiger partial charge in [0, 0.05) is 20.5 Å². The molecule has 0 unspecified atom stereocenters. The fourth-order valence-electron chi connectivity index (χ4n) is 2.27. The molecule has 0 fully saturated rings. The summed E-state index contributed by atoms with van der Waals surface area (Å²) < 4.78 is 6.55. The Morgan fingerprint density at radius 2 is 2.05 bits per heavy atom. The van der Waals surface area contributed by atoms with Gasteiger partial charge in [0.15, 0.2) is 5.69 Å². The number of carbonyl (C=O) groups excluding carboxylic acids is 1. The summed E-state index contributed by atoms with van der Waals surface area (Å²) in [5.41, 5.74) is 8.18. The van der Waals surface area contributed by atoms with Gasteiger partial charge in [-0.1, -0.05) is 19.1 Å². The minimum Gasteiger partial charge on any atom is -0.464 e. The summed E-state index contributed by atoms with van der Waals surface area (Å²) in [6.07, 6.45) is 0.656. The third-order valence-corrected chi connectivity index (χ3v) is 3.28. The fraction of sp³-hybridized carbons (Fsp3) is 0.333. The highest BCUT2D eigenvalue weighted by molar-refractivity contribution is 5.93. The monoisotopic (exact) mass is 288 g/mol. The molecule has 0 atom stereocenters. The summed E-state index contributed by atoms with van der Waals surface area (Å²) in [4.78, 5) is 18.1. The molecule has 2 N–H and O–H groups in total. The highest BCUT2D eigenvalue weighted by atomic mass is 16.5. The Kier molecular flexibility index (Phi) is 4.16. The van der Waals surface area contributed by atoms with Gasteiger partial charge in [0.25, 0.3) is 0 Å². The summed E-state index contributed by atoms with van der Waals surface area (Å²) in [6, 6.07) is 7.83. The van der Waals surface area contributed by atoms with E-state index in [1.165, 1.54) is 7.11 Å². The van der Waals surface area contributed by atoms with Gasteiger partial charge >= 0.3 is 5.97 Å². The number of hydrogen-bond acceptors (Lipinski definition) is 5. The Hall–Kier alpha value is -2.50. The molecule has 21 heavy (non-hydrogen) atoms. The standard InChI is InChI=1S/C15H20N4O2/c1-5-12-17-13(15(20)21-4)14(16)19(12)11-9-7-6-8-10(11)18(2)3/h6-9H,5,16H2,1-4H3. The van der Waals surface area contributed by atoms with E-state index in [0.29, 0.717) is 12.2 Å². The summed E-state index contributed by atoms with van der Waals surface area (Å²) in [5, 5.41) is 0. The molecule has 1 aromatic carbocycles. The number of methoxy groups -OCH3 is 1. The van der Waals surface area contributed by atoms with Crippen molar-refractivity contribution in [2.24, 2.45) is 0 Å². The zero-order valence-corrected chi connectivity index (χ0v) is 12.8. The Bertz CT molecular complexity index is 662. The van der Waals surface area contributed by atoms with E-state index in [4.69, 9.17) is 10.5 Å². The van der Waals surface area contributed by atoms with Gasteiger partial charge < -0.3 is 15.4 Å². The molecule has 0 saturated carbocycles. The van der Waals surface area contributed by atoms with Gasteiger partial charge in [-0.3, -0.25) is 4.57 Å². The van der Waals surface area contributed by atoms with E-state index in [1.54, 1.807) is 0 Å². The minimum absolute atomic E-state index is 0.155. The van der Waals surface area contributed by atoms with Gasteiger partial charge in [-0.25, -0.2) is 9.78 Å². The van der Waals surface area contributed by atoms with Crippen LogP contribution in [0.4, 0.5) is 11.5 Å². The van der Waals surface area contributed by atoms with E-state index in [2.05, 4.69) is 4.98 Å². The van der Waals surface area contributed by atoms with Crippen LogP contribution in [0.2, 0.25) is 0 Å². The van der Waals surface area contributed by atoms with Crippen molar-refractivity contribution in [2.45, 2.75) is 13.3 Å². The van der Waals surface area contributed by atoms with Crippen LogP contribution in [0.5, 0.6) is 0 Å². The van der Waals surface area contributed by atoms with Gasteiger partial charge in [-0.2, -0.15) is 0 Å². The van der Waals surface area contributed by atoms with E-state index in [0.717, 1.165) is 17.2 Å². The van der Waals surface area contributed by atoms with Crippen molar-refractivity contribution in [1.29, 1.82) is 0 Å². The highest BCUT2D eigenvalue weighted by Crippen LogP contribution is 2.28. The van der Waals surface area contributed by atoms with Gasteiger partial charge in [-0.15, -0.1) is 0 Å². The summed E-state index contributed by atoms with van der Waals surface area (Å²) in [7, 11) is 5.23. The van der Waals surface area contributed by atoms with Crippen molar-refractivity contribution < 1.29 is 9.53 Å². The highest BCUT2D eigenvalue weighted by Gasteiger charge is 2.22. The van der Waals surface area contributed by atoms with E-state index < -0.39 is 5.97 Å². The predicted octanol–water partition coefficient (Wildman–Crippen LogP) is 1.87. The zero-order valence-electron chi connectivity index (χ0n) is 12.8. The molecule has 2 rings (SSSR count). The first-order valence-corrected chi connectivity index (χ1v) is 6.73. The number of hydrogen-bond donors (Lipinski definition) is 1. The number of ether oxygens (including phenoxy) is 1. The number of nitrogens with zero attached hydrogens (tertiary/aromatic N) is 3. The molecule has 0 aliphatic carbocycles. The first-order valence-electron chi connectivity index (χ1n) is 6.73. The van der Waals surface area contributed by atoms with Crippen LogP contribution in [0.3, 0.4) is 0 Å². The lowest BCUT2D eigenvalue weighted by Crippen LogP contribution is -2.14. The number of benzene rings is 1. The third kappa shape index (κ3) is 2.56. The SMILES string of the molecule is CCc1nc(C(=O)OC)c(N)n1-c1ccccc1N(C)C. The summed E-state index contributed by atoms with van der Waals surface area (Å²) >= 11 is 0. The molecule has 0 aliphatic rings. The number of imidazole rings is 1. The number of aryl methyl sites for hydroxylation is 1. The quantitative estimate of drug-likeness (QED) is 0.869. The summed E-state index contributed by atoms with van der Waals surface area (Å²) in [5.74, 6) is 0.499. The second-order valence-corrected chi connectivity index (χ2v) is 4.83. The molecular formula is C15H20N4O2. The normalized spacial score (nSPS) is 10.5. The van der Waals surface area contributed by atoms with Gasteiger partial charge in [0.2, 0.25) is 0 Å². The minimum atomic E-state index is -0.525. The van der Waals surface area contributed by atoms with E-state index in [-0.39, 0.29) is 5.69 Å². The Labute approximate surface area is 124 Å². The molecule has 0 bridgehead atoms. The molecule has 0 radical (unpaired) electrons. The molecule has 2 aromatic rings. The number of nitrogens with two attached hydrogens (primary N) is 1. The molecular weight excluding hydrogens is 268 g/mol. The van der Waals surface area contributed by atoms with Gasteiger partial charge in [0.05, 0.1) is 18.5 Å². The summed E-state index contributed by atoms with van der Waals surface area (Å²) in [6.45, 7) is 1.97. The average molecular weight is 288 g/mol. The lowest BCUT2D eigenvalue weighted by atomic mass is 10.2. The predicted molar refractivity (Wildman–Crippen MR) is 83.0 cm³/mol. The smallest absolute Gasteiger partial charge is 0.360 e. The molecule has 0 aliphatic heterocycles. The maximum absolute atomic E-state index is 11.8. The molecule has 0 amide bonds. The van der Waals surface area contributed by atoms with Crippen LogP contribution in [0.15, 0.2) is 24.3 Å². The van der Waals surface area contributed by atoms with Crippen molar-refractivity contribution in [1.82, 2.24) is 9.55 Å². The number of para-hydroxylation sites is 2. The van der Waals surface area contributed by atoms with Crippen molar-refractivity contribution in [3.8, 4) is 5.69 Å². The van der Waals surface area contributed by atoms with E-state index in [9.17, 15) is 4.79 Å². The van der Waals surface area contributed by atoms with Crippen LogP contribution >= 0.6 is 0 Å². The Morgan fingerprint density at radius 1 is 1.38 bits per heavy atom. The number of anilines is 2. The van der Waals surface area contributed by atoms with Crippen LogP contribution in [-0.2, 0) is 11.2 Å². The second-order valence-electron chi connectivity index (χ2n) is 4.83. The van der Waals surface area contributed by atoms with Gasteiger partial charge in [0.1, 0.15) is 11.6 Å². The first-order chi connectivity index (χ1) is 10.0. The molecule has 0 saturated heterocycles. The topological polar surface area (TPSA) is 73.4 Å². The van der Waals surface area contributed by atoms with Crippen LogP contribution in [0.1, 0.15) is 23.2 Å². The second kappa shape index (κ2) is 5.87. The number of nitrogen functional groups attached to an aromatic ring is 1. The molecule has 6 nitrogen and oxygen atoms in total. The fourth-order valence-corrected chi connectivity index (χ4v) is 2.27. The van der Waals surface area contributed by atoms with E-state index >= 15 is 0 Å². The molecule has 6 heteroatoms. The molecule has 1 aromatic heterocycles. The third-order valence-electron chi connectivity index (χ3n) is 3.28. The maximum Gasteiger partial charge on any atom is 0.360 e. The lowest BCUT2D eigenvalue weighted by Gasteiger charge is -2.19. The lowest BCUT2D eigenvalue weighted by molar-refractivity contribution is 0.0596. The Balaban J connectivity index is 2.69. The molecule has 112 valence electrons. The first kappa shape index (κ1) is 14.9. The number of carbonyl (C=O) groups is 1. The number of esters is 1. The van der Waals surface area contributed by atoms with Crippen molar-refractivity contribution in [3.63, 3.8) is 0 Å². The average Bonchev–Trinajstić information content (AvgIpc) is 2.83. The Morgan fingerprint density at radius 3 is 2.62 bits per heavy atom. The van der Waals surface area contributed by atoms with Crippen LogP contribution in [0, 0.1) is 0 Å². The van der Waals surface area contributed by atoms with Crippen LogP contribution in [0.25, 0.3) is 5.69 Å². The zero-order chi connectivity index (χ0) is 15.6. The molecule has 0 spiro atoms.